The molecule has 21 heavy (non-hydrogen) atoms. The van der Waals surface area contributed by atoms with Gasteiger partial charge < -0.3 is 20.5 Å². The number of carboxylic acid groups (broad SMARTS) is 1. The Morgan fingerprint density at radius 2 is 1.90 bits per heavy atom. The second kappa shape index (κ2) is 7.83. The van der Waals surface area contributed by atoms with Gasteiger partial charge in [-0.3, -0.25) is 4.79 Å². The van der Waals surface area contributed by atoms with Gasteiger partial charge in [0.1, 0.15) is 11.9 Å². The Morgan fingerprint density at radius 3 is 2.43 bits per heavy atom. The molecule has 3 N–H and O–H groups in total. The fraction of sp³-hybridized carbons (Fsp3) is 0.308. The topological polar surface area (TPSA) is 105 Å². The van der Waals surface area contributed by atoms with Crippen molar-refractivity contribution in [2.24, 2.45) is 0 Å². The number of benzene rings is 1. The molecule has 1 aromatic rings. The summed E-state index contributed by atoms with van der Waals surface area (Å²) < 4.78 is 17.1. The van der Waals surface area contributed by atoms with Crippen LogP contribution in [0.5, 0.6) is 0 Å². The van der Waals surface area contributed by atoms with Gasteiger partial charge in [-0.25, -0.2) is 14.0 Å². The minimum Gasteiger partial charge on any atom is -0.480 e. The molecule has 2 amide bonds. The molecule has 0 heterocycles. The second-order valence-electron chi connectivity index (χ2n) is 4.11. The minimum atomic E-state index is -1.27. The summed E-state index contributed by atoms with van der Waals surface area (Å²) in [6.45, 7) is 0. The van der Waals surface area contributed by atoms with Crippen LogP contribution in [0.25, 0.3) is 0 Å². The Bertz CT molecular complexity index is 518. The summed E-state index contributed by atoms with van der Waals surface area (Å²) in [6.07, 6.45) is -0.233. The molecule has 0 radical (unpaired) electrons. The van der Waals surface area contributed by atoms with Crippen molar-refractivity contribution < 1.29 is 28.6 Å². The zero-order valence-electron chi connectivity index (χ0n) is 11.3. The third-order valence-electron chi connectivity index (χ3n) is 2.57. The van der Waals surface area contributed by atoms with Crippen LogP contribution in [0, 0.1) is 5.82 Å². The molecule has 7 nitrogen and oxygen atoms in total. The Kier molecular flexibility index (Phi) is 6.12. The fourth-order valence-electron chi connectivity index (χ4n) is 1.48. The molecule has 0 unspecified atom stereocenters. The van der Waals surface area contributed by atoms with E-state index >= 15 is 0 Å². The number of rotatable bonds is 6. The van der Waals surface area contributed by atoms with Crippen molar-refractivity contribution in [2.45, 2.75) is 18.9 Å². The smallest absolute Gasteiger partial charge is 0.326 e. The first kappa shape index (κ1) is 16.4. The Labute approximate surface area is 120 Å². The predicted octanol–water partition coefficient (Wildman–Crippen LogP) is 1.35. The highest BCUT2D eigenvalue weighted by molar-refractivity contribution is 5.92. The van der Waals surface area contributed by atoms with Gasteiger partial charge in [-0.05, 0) is 30.7 Å². The lowest BCUT2D eigenvalue weighted by Crippen LogP contribution is -2.43. The number of amides is 2. The van der Waals surface area contributed by atoms with Gasteiger partial charge >= 0.3 is 18.0 Å². The number of hydrogen-bond donors (Lipinski definition) is 3. The normalized spacial score (nSPS) is 11.3. The molecule has 0 fully saturated rings. The Balaban J connectivity index is 2.54. The van der Waals surface area contributed by atoms with Gasteiger partial charge in [-0.2, -0.15) is 0 Å². The molecule has 0 bridgehead atoms. The molecule has 1 atom stereocenters. The molecule has 1 rings (SSSR count). The van der Waals surface area contributed by atoms with Crippen molar-refractivity contribution >= 4 is 23.7 Å². The summed E-state index contributed by atoms with van der Waals surface area (Å²) >= 11 is 0. The van der Waals surface area contributed by atoms with E-state index in [1.165, 1.54) is 19.2 Å². The van der Waals surface area contributed by atoms with Gasteiger partial charge in [0, 0.05) is 12.1 Å². The van der Waals surface area contributed by atoms with Gasteiger partial charge in [-0.15, -0.1) is 0 Å². The molecular formula is C13H15FN2O5. The van der Waals surface area contributed by atoms with Gasteiger partial charge in [0.15, 0.2) is 0 Å². The van der Waals surface area contributed by atoms with E-state index in [1.54, 1.807) is 0 Å². The van der Waals surface area contributed by atoms with E-state index in [0.29, 0.717) is 5.69 Å². The van der Waals surface area contributed by atoms with Crippen LogP contribution in [0.2, 0.25) is 0 Å². The van der Waals surface area contributed by atoms with Gasteiger partial charge in [-0.1, -0.05) is 0 Å². The average Bonchev–Trinajstić information content (AvgIpc) is 2.45. The van der Waals surface area contributed by atoms with Crippen LogP contribution in [0.4, 0.5) is 14.9 Å². The van der Waals surface area contributed by atoms with E-state index in [-0.39, 0.29) is 12.8 Å². The summed E-state index contributed by atoms with van der Waals surface area (Å²) in [5.74, 6) is -2.29. The number of aliphatic carboxylic acids is 1. The zero-order valence-corrected chi connectivity index (χ0v) is 11.3. The van der Waals surface area contributed by atoms with Crippen molar-refractivity contribution in [2.75, 3.05) is 12.4 Å². The van der Waals surface area contributed by atoms with E-state index in [4.69, 9.17) is 5.11 Å². The number of carboxylic acids is 1. The summed E-state index contributed by atoms with van der Waals surface area (Å²) in [7, 11) is 1.19. The number of urea groups is 1. The van der Waals surface area contributed by atoms with Gasteiger partial charge in [0.2, 0.25) is 0 Å². The van der Waals surface area contributed by atoms with Crippen LogP contribution in [-0.4, -0.2) is 36.2 Å². The molecule has 0 aliphatic carbocycles. The molecule has 8 heteroatoms. The number of carbonyl (C=O) groups is 3. The number of anilines is 1. The molecule has 114 valence electrons. The zero-order chi connectivity index (χ0) is 15.8. The number of esters is 1. The van der Waals surface area contributed by atoms with E-state index in [1.807, 2.05) is 0 Å². The lowest BCUT2D eigenvalue weighted by Gasteiger charge is -2.14. The number of carbonyl (C=O) groups excluding carboxylic acids is 2. The maximum Gasteiger partial charge on any atom is 0.326 e. The van der Waals surface area contributed by atoms with Gasteiger partial charge in [0.25, 0.3) is 0 Å². The molecule has 0 aromatic heterocycles. The number of hydrogen-bond acceptors (Lipinski definition) is 4. The molecule has 0 saturated heterocycles. The molecule has 0 spiro atoms. The fourth-order valence-corrected chi connectivity index (χ4v) is 1.48. The quantitative estimate of drug-likeness (QED) is 0.688. The summed E-state index contributed by atoms with van der Waals surface area (Å²) in [4.78, 5) is 33.6. The highest BCUT2D eigenvalue weighted by Crippen LogP contribution is 2.08. The van der Waals surface area contributed by atoms with Crippen LogP contribution in [0.3, 0.4) is 0 Å². The number of halogens is 1. The Morgan fingerprint density at radius 1 is 1.29 bits per heavy atom. The highest BCUT2D eigenvalue weighted by Gasteiger charge is 2.21. The largest absolute Gasteiger partial charge is 0.480 e. The number of nitrogens with one attached hydrogen (secondary N) is 2. The second-order valence-corrected chi connectivity index (χ2v) is 4.11. The molecule has 0 aliphatic heterocycles. The summed E-state index contributed by atoms with van der Waals surface area (Å²) in [6, 6.07) is 2.98. The van der Waals surface area contributed by atoms with Crippen LogP contribution >= 0.6 is 0 Å². The van der Waals surface area contributed by atoms with E-state index in [0.717, 1.165) is 12.1 Å². The maximum absolute atomic E-state index is 12.7. The third-order valence-corrected chi connectivity index (χ3v) is 2.57. The summed E-state index contributed by atoms with van der Waals surface area (Å²) in [5.41, 5.74) is 0.311. The van der Waals surface area contributed by atoms with E-state index in [9.17, 15) is 18.8 Å². The van der Waals surface area contributed by atoms with Crippen LogP contribution in [-0.2, 0) is 14.3 Å². The van der Waals surface area contributed by atoms with Crippen molar-refractivity contribution in [3.63, 3.8) is 0 Å². The van der Waals surface area contributed by atoms with Crippen molar-refractivity contribution in [3.05, 3.63) is 30.1 Å². The number of ether oxygens (including phenoxy) is 1. The maximum atomic E-state index is 12.7. The molecule has 0 saturated carbocycles. The van der Waals surface area contributed by atoms with Crippen molar-refractivity contribution in [3.8, 4) is 0 Å². The standard InChI is InChI=1S/C13H15FN2O5/c1-21-11(17)7-6-10(12(18)19)16-13(20)15-9-4-2-8(14)3-5-9/h2-5,10H,6-7H2,1H3,(H,18,19)(H2,15,16,20)/t10-/m1/s1. The first-order chi connectivity index (χ1) is 9.92. The monoisotopic (exact) mass is 298 g/mol. The van der Waals surface area contributed by atoms with Crippen molar-refractivity contribution in [1.82, 2.24) is 5.32 Å². The average molecular weight is 298 g/mol. The van der Waals surface area contributed by atoms with Crippen LogP contribution in [0.15, 0.2) is 24.3 Å². The van der Waals surface area contributed by atoms with E-state index in [2.05, 4.69) is 15.4 Å². The lowest BCUT2D eigenvalue weighted by molar-refractivity contribution is -0.142. The van der Waals surface area contributed by atoms with E-state index < -0.39 is 29.8 Å². The van der Waals surface area contributed by atoms with Crippen LogP contribution < -0.4 is 10.6 Å². The summed E-state index contributed by atoms with van der Waals surface area (Å²) in [5, 5.41) is 13.5. The van der Waals surface area contributed by atoms with Crippen LogP contribution in [0.1, 0.15) is 12.8 Å². The van der Waals surface area contributed by atoms with Gasteiger partial charge in [0.05, 0.1) is 7.11 Å². The molecule has 1 aromatic carbocycles. The predicted molar refractivity (Wildman–Crippen MR) is 71.2 cm³/mol. The minimum absolute atomic E-state index is 0.0984. The Hall–Kier alpha value is -2.64. The van der Waals surface area contributed by atoms with Crippen molar-refractivity contribution in [1.29, 1.82) is 0 Å². The third kappa shape index (κ3) is 5.89. The first-order valence-electron chi connectivity index (χ1n) is 6.05. The lowest BCUT2D eigenvalue weighted by atomic mass is 10.1. The highest BCUT2D eigenvalue weighted by atomic mass is 19.1. The number of methoxy groups -OCH3 is 1. The molecular weight excluding hydrogens is 283 g/mol. The SMILES string of the molecule is COC(=O)CC[C@@H](NC(=O)Nc1ccc(F)cc1)C(=O)O. The molecule has 0 aliphatic rings. The first-order valence-corrected chi connectivity index (χ1v) is 6.05.